The lowest BCUT2D eigenvalue weighted by molar-refractivity contribution is -0.209. The molecule has 8 atom stereocenters. The van der Waals surface area contributed by atoms with E-state index < -0.39 is 63.7 Å². The van der Waals surface area contributed by atoms with Crippen molar-refractivity contribution < 1.29 is 40.2 Å². The van der Waals surface area contributed by atoms with E-state index in [2.05, 4.69) is 6.92 Å². The monoisotopic (exact) mass is 592 g/mol. The Bertz CT molecular complexity index is 1030. The first-order chi connectivity index (χ1) is 19.6. The van der Waals surface area contributed by atoms with Crippen molar-refractivity contribution in [1.82, 2.24) is 0 Å². The summed E-state index contributed by atoms with van der Waals surface area (Å²) in [5, 5.41) is 63.4. The Kier molecular flexibility index (Phi) is 11.3. The summed E-state index contributed by atoms with van der Waals surface area (Å²) in [6.45, 7) is 8.88. The summed E-state index contributed by atoms with van der Waals surface area (Å²) in [4.78, 5) is 23.0. The highest BCUT2D eigenvalue weighted by molar-refractivity contribution is 6.04. The predicted molar refractivity (Wildman–Crippen MR) is 162 cm³/mol. The summed E-state index contributed by atoms with van der Waals surface area (Å²) >= 11 is 0. The van der Waals surface area contributed by atoms with Crippen molar-refractivity contribution >= 4 is 11.8 Å². The van der Waals surface area contributed by atoms with Crippen LogP contribution in [0, 0.1) is 29.1 Å². The van der Waals surface area contributed by atoms with Gasteiger partial charge in [-0.1, -0.05) is 104 Å². The standard InChI is InChI=1S/C20H28O6.C14H28O2/c1-9-5-13-18(24,15(9)22)7-11(8-21)6-12-14-17(3,4)20(14,26)16(23)10(2)19(12,13)25;1-2-3-4-5-6-7-8-9-10-11-12-13-14(15)16/h5-6,10,12-14,16,21,23-26H,7-8H2,1-4H3;2-13H2,1H3,(H,15,16)/t10-,12+,13-,14-,16-,18+,19+,20+;/m1./s1. The molecule has 42 heavy (non-hydrogen) atoms. The Hall–Kier alpha value is -1.58. The van der Waals surface area contributed by atoms with Crippen LogP contribution in [0.4, 0.5) is 0 Å². The highest BCUT2D eigenvalue weighted by atomic mass is 16.4. The molecule has 0 saturated heterocycles. The maximum atomic E-state index is 12.7. The number of hydrogen-bond acceptors (Lipinski definition) is 7. The molecule has 0 bridgehead atoms. The van der Waals surface area contributed by atoms with Crippen LogP contribution in [0.25, 0.3) is 0 Å². The number of unbranched alkanes of at least 4 members (excludes halogenated alkanes) is 10. The van der Waals surface area contributed by atoms with Crippen LogP contribution < -0.4 is 0 Å². The molecule has 0 aromatic heterocycles. The van der Waals surface area contributed by atoms with Gasteiger partial charge in [-0.25, -0.2) is 0 Å². The molecule has 4 rings (SSSR count). The minimum Gasteiger partial charge on any atom is -0.481 e. The van der Waals surface area contributed by atoms with E-state index in [1.165, 1.54) is 57.8 Å². The lowest BCUT2D eigenvalue weighted by Gasteiger charge is -2.51. The van der Waals surface area contributed by atoms with Gasteiger partial charge < -0.3 is 30.6 Å². The van der Waals surface area contributed by atoms with Gasteiger partial charge in [-0.05, 0) is 24.5 Å². The second-order valence-corrected chi connectivity index (χ2v) is 14.1. The Labute approximate surface area is 251 Å². The number of carboxylic acids is 1. The Morgan fingerprint density at radius 2 is 1.45 bits per heavy atom. The van der Waals surface area contributed by atoms with Crippen molar-refractivity contribution in [3.05, 3.63) is 23.3 Å². The third-order valence-electron chi connectivity index (χ3n) is 11.0. The van der Waals surface area contributed by atoms with Gasteiger partial charge in [-0.3, -0.25) is 9.59 Å². The van der Waals surface area contributed by atoms with Crippen LogP contribution in [0.3, 0.4) is 0 Å². The Morgan fingerprint density at radius 1 is 0.929 bits per heavy atom. The van der Waals surface area contributed by atoms with Crippen LogP contribution in [0.1, 0.15) is 118 Å². The zero-order valence-electron chi connectivity index (χ0n) is 26.4. The van der Waals surface area contributed by atoms with E-state index >= 15 is 0 Å². The van der Waals surface area contributed by atoms with E-state index in [0.29, 0.717) is 17.6 Å². The highest BCUT2D eigenvalue weighted by Crippen LogP contribution is 2.74. The number of aliphatic hydroxyl groups is 5. The fraction of sp³-hybridized carbons (Fsp3) is 0.824. The van der Waals surface area contributed by atoms with Crippen molar-refractivity contribution in [2.45, 2.75) is 141 Å². The molecule has 0 unspecified atom stereocenters. The van der Waals surface area contributed by atoms with Crippen LogP contribution in [-0.2, 0) is 9.59 Å². The fourth-order valence-electron chi connectivity index (χ4n) is 8.39. The maximum absolute atomic E-state index is 12.7. The number of ketones is 1. The molecule has 6 N–H and O–H groups in total. The molecule has 0 aromatic rings. The highest BCUT2D eigenvalue weighted by Gasteiger charge is 2.84. The van der Waals surface area contributed by atoms with Gasteiger partial charge in [-0.2, -0.15) is 0 Å². The zero-order valence-corrected chi connectivity index (χ0v) is 26.4. The number of carbonyl (C=O) groups is 2. The molecular formula is C34H56O8. The zero-order chi connectivity index (χ0) is 31.5. The van der Waals surface area contributed by atoms with Gasteiger partial charge in [0.2, 0.25) is 0 Å². The molecule has 0 amide bonds. The Morgan fingerprint density at radius 3 is 1.95 bits per heavy atom. The minimum atomic E-state index is -1.84. The SMILES string of the molecule is CC1=C[C@H]2[C@]3(O)[C@H](C)[C@@H](O)[C@@]4(O)[C@H]([C@@H]3C=C(CO)C[C@@]2(O)C1=O)C4(C)C.CCCCCCCCCCCCCC(=O)O. The molecule has 8 heteroatoms. The molecular weight excluding hydrogens is 536 g/mol. The maximum Gasteiger partial charge on any atom is 0.303 e. The van der Waals surface area contributed by atoms with Crippen LogP contribution in [-0.4, -0.2) is 71.9 Å². The number of aliphatic carboxylic acids is 1. The van der Waals surface area contributed by atoms with Crippen LogP contribution >= 0.6 is 0 Å². The first-order valence-electron chi connectivity index (χ1n) is 16.3. The van der Waals surface area contributed by atoms with Crippen molar-refractivity contribution in [2.24, 2.45) is 29.1 Å². The van der Waals surface area contributed by atoms with Gasteiger partial charge in [0.25, 0.3) is 0 Å². The van der Waals surface area contributed by atoms with Gasteiger partial charge in [-0.15, -0.1) is 0 Å². The molecule has 0 spiro atoms. The van der Waals surface area contributed by atoms with Crippen LogP contribution in [0.15, 0.2) is 23.3 Å². The number of Topliss-reactive ketones (excluding diaryl/α,β-unsaturated/α-hetero) is 1. The van der Waals surface area contributed by atoms with Gasteiger partial charge in [0.05, 0.1) is 18.3 Å². The van der Waals surface area contributed by atoms with Crippen molar-refractivity contribution in [1.29, 1.82) is 0 Å². The number of aliphatic hydroxyl groups excluding tert-OH is 2. The summed E-state index contributed by atoms with van der Waals surface area (Å²) in [5.41, 5.74) is -4.57. The molecule has 0 radical (unpaired) electrons. The van der Waals surface area contributed by atoms with Crippen LogP contribution in [0.5, 0.6) is 0 Å². The number of carbonyl (C=O) groups excluding carboxylic acids is 1. The largest absolute Gasteiger partial charge is 0.481 e. The van der Waals surface area contributed by atoms with E-state index in [4.69, 9.17) is 5.11 Å². The van der Waals surface area contributed by atoms with E-state index in [-0.39, 0.29) is 13.0 Å². The first-order valence-corrected chi connectivity index (χ1v) is 16.3. The number of rotatable bonds is 13. The molecule has 2 saturated carbocycles. The summed E-state index contributed by atoms with van der Waals surface area (Å²) in [5.74, 6) is -3.80. The molecule has 240 valence electrons. The molecule has 8 nitrogen and oxygen atoms in total. The quantitative estimate of drug-likeness (QED) is 0.133. The number of carboxylic acid groups (broad SMARTS) is 1. The average molecular weight is 593 g/mol. The van der Waals surface area contributed by atoms with Gasteiger partial charge in [0.1, 0.15) is 11.2 Å². The smallest absolute Gasteiger partial charge is 0.303 e. The van der Waals surface area contributed by atoms with E-state index in [1.54, 1.807) is 26.0 Å². The average Bonchev–Trinajstić information content (AvgIpc) is 3.34. The Balaban J connectivity index is 0.000000263. The molecule has 2 fully saturated rings. The lowest BCUT2D eigenvalue weighted by atomic mass is 9.59. The van der Waals surface area contributed by atoms with E-state index in [1.807, 2.05) is 13.8 Å². The number of hydrogen-bond donors (Lipinski definition) is 6. The molecule has 0 heterocycles. The second-order valence-electron chi connectivity index (χ2n) is 14.1. The molecule has 4 aliphatic rings. The van der Waals surface area contributed by atoms with Gasteiger partial charge in [0, 0.05) is 41.9 Å². The predicted octanol–water partition coefficient (Wildman–Crippen LogP) is 4.70. The topological polar surface area (TPSA) is 156 Å². The third-order valence-corrected chi connectivity index (χ3v) is 11.0. The van der Waals surface area contributed by atoms with Gasteiger partial charge >= 0.3 is 5.97 Å². The summed E-state index contributed by atoms with van der Waals surface area (Å²) in [6.07, 6.45) is 16.4. The second kappa shape index (κ2) is 13.6. The van der Waals surface area contributed by atoms with E-state index in [9.17, 15) is 35.1 Å². The van der Waals surface area contributed by atoms with Crippen LogP contribution in [0.2, 0.25) is 0 Å². The lowest BCUT2D eigenvalue weighted by Crippen LogP contribution is -2.65. The summed E-state index contributed by atoms with van der Waals surface area (Å²) in [7, 11) is 0. The minimum absolute atomic E-state index is 0.0615. The normalized spacial score (nSPS) is 37.8. The molecule has 0 aromatic carbocycles. The van der Waals surface area contributed by atoms with Gasteiger partial charge in [0.15, 0.2) is 5.78 Å². The van der Waals surface area contributed by atoms with E-state index in [0.717, 1.165) is 12.8 Å². The van der Waals surface area contributed by atoms with Crippen molar-refractivity contribution in [2.75, 3.05) is 6.61 Å². The fourth-order valence-corrected chi connectivity index (χ4v) is 8.39. The van der Waals surface area contributed by atoms with Crippen molar-refractivity contribution in [3.63, 3.8) is 0 Å². The summed E-state index contributed by atoms with van der Waals surface area (Å²) < 4.78 is 0. The number of fused-ring (bicyclic) bond motifs is 5. The third kappa shape index (κ3) is 6.16. The molecule has 0 aliphatic heterocycles. The first kappa shape index (κ1) is 34.9. The summed E-state index contributed by atoms with van der Waals surface area (Å²) in [6, 6.07) is 0. The molecule has 4 aliphatic carbocycles. The van der Waals surface area contributed by atoms with Crippen molar-refractivity contribution in [3.8, 4) is 0 Å².